The molecule has 0 aliphatic carbocycles. The molecule has 0 aliphatic heterocycles. The molecule has 0 bridgehead atoms. The highest BCUT2D eigenvalue weighted by Gasteiger charge is 2.18. The molecule has 0 fully saturated rings. The highest BCUT2D eigenvalue weighted by atomic mass is 35.5. The van der Waals surface area contributed by atoms with Gasteiger partial charge in [-0.25, -0.2) is 15.0 Å². The average Bonchev–Trinajstić information content (AvgIpc) is 3.24. The molecule has 3 aromatic heterocycles. The number of benzene rings is 2. The van der Waals surface area contributed by atoms with Crippen LogP contribution in [0.5, 0.6) is 0 Å². The molecule has 7 heteroatoms. The predicted molar refractivity (Wildman–Crippen MR) is 134 cm³/mol. The summed E-state index contributed by atoms with van der Waals surface area (Å²) in [4.78, 5) is 14.0. The second kappa shape index (κ2) is 9.81. The minimum absolute atomic E-state index is 0.0215. The fourth-order valence-corrected chi connectivity index (χ4v) is 3.65. The number of pyridine rings is 2. The zero-order chi connectivity index (χ0) is 23.4. The zero-order valence-electron chi connectivity index (χ0n) is 18.4. The number of anilines is 1. The molecule has 0 radical (unpaired) electrons. The second-order valence-corrected chi connectivity index (χ2v) is 7.51. The fraction of sp³-hybridized carbons (Fsp3) is 0.115. The lowest BCUT2D eigenvalue weighted by molar-refractivity contribution is 0.282. The van der Waals surface area contributed by atoms with Crippen molar-refractivity contribution in [2.24, 2.45) is 0 Å². The van der Waals surface area contributed by atoms with Gasteiger partial charge in [-0.3, -0.25) is 4.57 Å². The number of halogens is 1. The van der Waals surface area contributed by atoms with Gasteiger partial charge in [-0.15, -0.1) is 0 Å². The Morgan fingerprint density at radius 2 is 1.64 bits per heavy atom. The van der Waals surface area contributed by atoms with Crippen molar-refractivity contribution in [2.45, 2.75) is 20.5 Å². The van der Waals surface area contributed by atoms with Crippen molar-refractivity contribution < 1.29 is 5.11 Å². The summed E-state index contributed by atoms with van der Waals surface area (Å²) in [6.07, 6.45) is 1.65. The minimum atomic E-state index is -0.0215. The molecule has 0 saturated carbocycles. The number of nitrogens with two attached hydrogens (primary N) is 1. The maximum atomic E-state index is 9.42. The van der Waals surface area contributed by atoms with Crippen molar-refractivity contribution in [1.29, 1.82) is 0 Å². The van der Waals surface area contributed by atoms with E-state index in [2.05, 4.69) is 4.98 Å². The molecular formula is C26H24ClN5O. The van der Waals surface area contributed by atoms with E-state index in [-0.39, 0.29) is 6.61 Å². The zero-order valence-corrected chi connectivity index (χ0v) is 19.2. The molecule has 6 nitrogen and oxygen atoms in total. The Labute approximate surface area is 197 Å². The Bertz CT molecular complexity index is 1380. The Kier molecular flexibility index (Phi) is 6.68. The summed E-state index contributed by atoms with van der Waals surface area (Å²) in [7, 11) is 0. The predicted octanol–water partition coefficient (Wildman–Crippen LogP) is 5.90. The van der Waals surface area contributed by atoms with E-state index in [1.807, 2.05) is 91.2 Å². The number of aliphatic hydroxyl groups excluding tert-OH is 1. The van der Waals surface area contributed by atoms with Crippen molar-refractivity contribution in [3.05, 3.63) is 89.6 Å². The lowest BCUT2D eigenvalue weighted by Gasteiger charge is -2.11. The van der Waals surface area contributed by atoms with E-state index in [1.165, 1.54) is 0 Å². The van der Waals surface area contributed by atoms with E-state index in [0.29, 0.717) is 22.3 Å². The monoisotopic (exact) mass is 457 g/mol. The van der Waals surface area contributed by atoms with Crippen LogP contribution in [0.1, 0.15) is 19.4 Å². The summed E-state index contributed by atoms with van der Waals surface area (Å²) in [6, 6.07) is 22.8. The van der Waals surface area contributed by atoms with E-state index in [0.717, 1.165) is 33.6 Å². The number of fused-ring (bicyclic) bond motifs is 1. The minimum Gasteiger partial charge on any atom is -0.392 e. The Balaban J connectivity index is 0.00000126. The van der Waals surface area contributed by atoms with Gasteiger partial charge >= 0.3 is 0 Å². The molecule has 5 rings (SSSR count). The molecule has 5 aromatic rings. The van der Waals surface area contributed by atoms with Crippen LogP contribution in [0.2, 0.25) is 5.02 Å². The molecule has 0 atom stereocenters. The van der Waals surface area contributed by atoms with Gasteiger partial charge in [0.1, 0.15) is 11.3 Å². The largest absolute Gasteiger partial charge is 0.392 e. The molecule has 3 heterocycles. The lowest BCUT2D eigenvalue weighted by Crippen LogP contribution is -2.02. The van der Waals surface area contributed by atoms with Crippen LogP contribution in [0.25, 0.3) is 39.5 Å². The second-order valence-electron chi connectivity index (χ2n) is 7.08. The highest BCUT2D eigenvalue weighted by molar-refractivity contribution is 6.30. The topological polar surface area (TPSA) is 89.9 Å². The van der Waals surface area contributed by atoms with Gasteiger partial charge in [0.25, 0.3) is 0 Å². The molecular weight excluding hydrogens is 434 g/mol. The van der Waals surface area contributed by atoms with Crippen LogP contribution in [-0.4, -0.2) is 24.6 Å². The molecule has 2 aromatic carbocycles. The summed E-state index contributed by atoms with van der Waals surface area (Å²) >= 11 is 6.04. The lowest BCUT2D eigenvalue weighted by atomic mass is 10.1. The SMILES string of the molecule is CC.Nc1ncccc1-c1nc2ccc(-c3ccc(Cl)cc3)nc2n1-c1ccc(CO)cc1. The van der Waals surface area contributed by atoms with Crippen molar-refractivity contribution >= 4 is 28.6 Å². The first kappa shape index (κ1) is 22.5. The van der Waals surface area contributed by atoms with Crippen LogP contribution < -0.4 is 5.73 Å². The van der Waals surface area contributed by atoms with Crippen LogP contribution in [0.15, 0.2) is 79.0 Å². The Morgan fingerprint density at radius 3 is 2.30 bits per heavy atom. The summed E-state index contributed by atoms with van der Waals surface area (Å²) in [5, 5.41) is 10.1. The Morgan fingerprint density at radius 1 is 0.909 bits per heavy atom. The molecule has 3 N–H and O–H groups in total. The van der Waals surface area contributed by atoms with E-state index < -0.39 is 0 Å². The number of aliphatic hydroxyl groups is 1. The van der Waals surface area contributed by atoms with E-state index in [1.54, 1.807) is 6.20 Å². The fourth-order valence-electron chi connectivity index (χ4n) is 3.52. The first-order valence-corrected chi connectivity index (χ1v) is 11.1. The quantitative estimate of drug-likeness (QED) is 0.350. The number of hydrogen-bond donors (Lipinski definition) is 2. The van der Waals surface area contributed by atoms with Gasteiger partial charge in [0, 0.05) is 22.5 Å². The number of nitrogens with zero attached hydrogens (tertiary/aromatic N) is 4. The van der Waals surface area contributed by atoms with Gasteiger partial charge < -0.3 is 10.8 Å². The first-order chi connectivity index (χ1) is 16.1. The number of rotatable bonds is 4. The molecule has 166 valence electrons. The van der Waals surface area contributed by atoms with Gasteiger partial charge in [0.05, 0.1) is 17.9 Å². The van der Waals surface area contributed by atoms with Crippen LogP contribution in [-0.2, 0) is 6.61 Å². The third kappa shape index (κ3) is 4.44. The van der Waals surface area contributed by atoms with E-state index in [4.69, 9.17) is 27.3 Å². The average molecular weight is 458 g/mol. The van der Waals surface area contributed by atoms with Gasteiger partial charge in [-0.2, -0.15) is 0 Å². The summed E-state index contributed by atoms with van der Waals surface area (Å²) in [5.41, 5.74) is 11.8. The normalized spacial score (nSPS) is 10.7. The van der Waals surface area contributed by atoms with Crippen molar-refractivity contribution in [2.75, 3.05) is 5.73 Å². The third-order valence-electron chi connectivity index (χ3n) is 5.10. The standard InChI is InChI=1S/C24H18ClN5O.C2H6/c25-17-7-5-16(6-8-17)20-11-12-21-24(28-20)30(18-9-3-15(14-31)4-10-18)23(29-21)19-2-1-13-27-22(19)26;1-2/h1-13,31H,14H2,(H2,26,27);1-2H3. The van der Waals surface area contributed by atoms with Crippen LogP contribution in [0.4, 0.5) is 5.82 Å². The molecule has 0 amide bonds. The van der Waals surface area contributed by atoms with Gasteiger partial charge in [-0.1, -0.05) is 49.7 Å². The van der Waals surface area contributed by atoms with Crippen LogP contribution in [0.3, 0.4) is 0 Å². The van der Waals surface area contributed by atoms with Gasteiger partial charge in [0.15, 0.2) is 11.5 Å². The number of hydrogen-bond acceptors (Lipinski definition) is 5. The highest BCUT2D eigenvalue weighted by Crippen LogP contribution is 2.32. The molecule has 0 aliphatic rings. The number of aromatic nitrogens is 4. The molecule has 0 spiro atoms. The third-order valence-corrected chi connectivity index (χ3v) is 5.35. The maximum Gasteiger partial charge on any atom is 0.165 e. The van der Waals surface area contributed by atoms with E-state index in [9.17, 15) is 5.11 Å². The van der Waals surface area contributed by atoms with Crippen LogP contribution >= 0.6 is 11.6 Å². The summed E-state index contributed by atoms with van der Waals surface area (Å²) < 4.78 is 1.96. The molecule has 0 saturated heterocycles. The maximum absolute atomic E-state index is 9.42. The molecule has 33 heavy (non-hydrogen) atoms. The van der Waals surface area contributed by atoms with E-state index >= 15 is 0 Å². The smallest absolute Gasteiger partial charge is 0.165 e. The first-order valence-electron chi connectivity index (χ1n) is 10.7. The summed E-state index contributed by atoms with van der Waals surface area (Å²) in [6.45, 7) is 3.98. The molecule has 0 unspecified atom stereocenters. The van der Waals surface area contributed by atoms with Crippen molar-refractivity contribution in [3.8, 4) is 28.3 Å². The van der Waals surface area contributed by atoms with Gasteiger partial charge in [0.2, 0.25) is 0 Å². The van der Waals surface area contributed by atoms with Gasteiger partial charge in [-0.05, 0) is 54.1 Å². The summed E-state index contributed by atoms with van der Waals surface area (Å²) in [5.74, 6) is 1.04. The number of imidazole rings is 1. The van der Waals surface area contributed by atoms with Crippen molar-refractivity contribution in [3.63, 3.8) is 0 Å². The Hall–Kier alpha value is -3.74. The number of nitrogen functional groups attached to an aromatic ring is 1. The van der Waals surface area contributed by atoms with Crippen LogP contribution in [0, 0.1) is 0 Å². The van der Waals surface area contributed by atoms with Crippen molar-refractivity contribution in [1.82, 2.24) is 19.5 Å².